The van der Waals surface area contributed by atoms with Crippen LogP contribution in [-0.2, 0) is 9.53 Å². The van der Waals surface area contributed by atoms with E-state index in [4.69, 9.17) is 4.74 Å². The Kier molecular flexibility index (Phi) is 4.50. The number of ether oxygens (including phenoxy) is 1. The van der Waals surface area contributed by atoms with E-state index in [1.807, 2.05) is 37.3 Å². The van der Waals surface area contributed by atoms with E-state index in [2.05, 4.69) is 25.4 Å². The predicted octanol–water partition coefficient (Wildman–Crippen LogP) is 1.51. The molecular formula is C18H23N5O2. The molecule has 0 unspecified atom stereocenters. The molecule has 0 radical (unpaired) electrons. The lowest BCUT2D eigenvalue weighted by atomic mass is 10.0. The van der Waals surface area contributed by atoms with Crippen LogP contribution in [0.3, 0.4) is 0 Å². The first kappa shape index (κ1) is 16.2. The van der Waals surface area contributed by atoms with Crippen LogP contribution in [0.5, 0.6) is 0 Å². The fourth-order valence-corrected chi connectivity index (χ4v) is 3.24. The molecule has 7 heteroatoms. The number of aryl methyl sites for hydroxylation is 1. The number of benzene rings is 1. The van der Waals surface area contributed by atoms with E-state index in [0.29, 0.717) is 31.6 Å². The Hall–Kier alpha value is -2.25. The molecule has 132 valence electrons. The van der Waals surface area contributed by atoms with Gasteiger partial charge in [0.2, 0.25) is 5.91 Å². The van der Waals surface area contributed by atoms with Gasteiger partial charge in [0.05, 0.1) is 6.61 Å². The quantitative estimate of drug-likeness (QED) is 0.861. The number of hydrogen-bond acceptors (Lipinski definition) is 5. The maximum absolute atomic E-state index is 12.9. The van der Waals surface area contributed by atoms with Crippen LogP contribution in [0.2, 0.25) is 0 Å². The van der Waals surface area contributed by atoms with Crippen molar-refractivity contribution in [1.82, 2.24) is 25.4 Å². The number of rotatable bonds is 5. The highest BCUT2D eigenvalue weighted by Crippen LogP contribution is 2.29. The number of hydrogen-bond donors (Lipinski definition) is 2. The molecule has 2 aromatic rings. The van der Waals surface area contributed by atoms with E-state index in [1.165, 1.54) is 0 Å². The highest BCUT2D eigenvalue weighted by molar-refractivity contribution is 5.83. The summed E-state index contributed by atoms with van der Waals surface area (Å²) in [5, 5.41) is 10.2. The molecule has 25 heavy (non-hydrogen) atoms. The number of carbonyl (C=O) groups is 1. The van der Waals surface area contributed by atoms with Gasteiger partial charge in [-0.05, 0) is 25.3 Å². The number of aromatic amines is 1. The van der Waals surface area contributed by atoms with E-state index in [1.54, 1.807) is 0 Å². The number of aromatic nitrogens is 3. The molecule has 2 aliphatic rings. The first-order valence-electron chi connectivity index (χ1n) is 8.80. The summed E-state index contributed by atoms with van der Waals surface area (Å²) >= 11 is 0. The minimum atomic E-state index is -0.312. The second kappa shape index (κ2) is 6.93. The van der Waals surface area contributed by atoms with E-state index in [-0.39, 0.29) is 18.1 Å². The van der Waals surface area contributed by atoms with Gasteiger partial charge in [-0.2, -0.15) is 5.10 Å². The average molecular weight is 341 g/mol. The van der Waals surface area contributed by atoms with Crippen molar-refractivity contribution in [1.29, 1.82) is 0 Å². The lowest BCUT2D eigenvalue weighted by molar-refractivity contribution is -0.130. The van der Waals surface area contributed by atoms with Crippen molar-refractivity contribution in [2.45, 2.75) is 38.0 Å². The number of nitrogens with one attached hydrogen (secondary N) is 2. The second-order valence-corrected chi connectivity index (χ2v) is 6.73. The molecule has 2 heterocycles. The largest absolute Gasteiger partial charge is 0.367 e. The summed E-state index contributed by atoms with van der Waals surface area (Å²) in [6, 6.07) is 9.97. The normalized spacial score (nSPS) is 22.5. The molecule has 1 aromatic carbocycles. The number of morpholine rings is 1. The van der Waals surface area contributed by atoms with Crippen LogP contribution in [0.4, 0.5) is 0 Å². The van der Waals surface area contributed by atoms with Crippen LogP contribution in [-0.4, -0.2) is 51.7 Å². The molecule has 1 aliphatic carbocycles. The molecule has 2 atom stereocenters. The molecule has 2 fully saturated rings. The zero-order valence-corrected chi connectivity index (χ0v) is 14.3. The number of H-pyrrole nitrogens is 1. The summed E-state index contributed by atoms with van der Waals surface area (Å²) in [6.45, 7) is 3.72. The SMILES string of the molecule is Cc1nc([C@@H]2CN([C@H](C(=O)NC3CC3)c3ccccc3)CCO2)n[nH]1. The fourth-order valence-electron chi connectivity index (χ4n) is 3.24. The van der Waals surface area contributed by atoms with Crippen molar-refractivity contribution in [2.75, 3.05) is 19.7 Å². The third-order valence-electron chi connectivity index (χ3n) is 4.65. The summed E-state index contributed by atoms with van der Waals surface area (Å²) in [6.07, 6.45) is 1.93. The first-order chi connectivity index (χ1) is 12.2. The van der Waals surface area contributed by atoms with Crippen LogP contribution in [0.15, 0.2) is 30.3 Å². The maximum Gasteiger partial charge on any atom is 0.242 e. The smallest absolute Gasteiger partial charge is 0.242 e. The van der Waals surface area contributed by atoms with Crippen molar-refractivity contribution in [3.05, 3.63) is 47.5 Å². The molecule has 1 saturated carbocycles. The Morgan fingerprint density at radius 2 is 2.16 bits per heavy atom. The van der Waals surface area contributed by atoms with Crippen molar-refractivity contribution >= 4 is 5.91 Å². The average Bonchev–Trinajstić information content (AvgIpc) is 3.33. The second-order valence-electron chi connectivity index (χ2n) is 6.73. The Balaban J connectivity index is 1.56. The summed E-state index contributed by atoms with van der Waals surface area (Å²) in [4.78, 5) is 19.5. The molecule has 0 bridgehead atoms. The fraction of sp³-hybridized carbons (Fsp3) is 0.500. The van der Waals surface area contributed by atoms with Gasteiger partial charge in [-0.1, -0.05) is 30.3 Å². The first-order valence-corrected chi connectivity index (χ1v) is 8.80. The predicted molar refractivity (Wildman–Crippen MR) is 91.7 cm³/mol. The number of nitrogens with zero attached hydrogens (tertiary/aromatic N) is 3. The summed E-state index contributed by atoms with van der Waals surface area (Å²) in [5.41, 5.74) is 1.01. The van der Waals surface area contributed by atoms with Crippen molar-refractivity contribution < 1.29 is 9.53 Å². The van der Waals surface area contributed by atoms with Gasteiger partial charge in [0.15, 0.2) is 5.82 Å². The van der Waals surface area contributed by atoms with E-state index in [0.717, 1.165) is 24.2 Å². The zero-order chi connectivity index (χ0) is 17.2. The van der Waals surface area contributed by atoms with Crippen molar-refractivity contribution in [3.63, 3.8) is 0 Å². The molecule has 1 aliphatic heterocycles. The lowest BCUT2D eigenvalue weighted by Gasteiger charge is -2.36. The molecule has 1 aromatic heterocycles. The topological polar surface area (TPSA) is 83.1 Å². The number of carbonyl (C=O) groups excluding carboxylic acids is 1. The molecule has 2 N–H and O–H groups in total. The summed E-state index contributed by atoms with van der Waals surface area (Å²) in [7, 11) is 0. The zero-order valence-electron chi connectivity index (χ0n) is 14.3. The van der Waals surface area contributed by atoms with Gasteiger partial charge in [-0.15, -0.1) is 0 Å². The van der Waals surface area contributed by atoms with Gasteiger partial charge in [-0.25, -0.2) is 4.98 Å². The Labute approximate surface area is 146 Å². The van der Waals surface area contributed by atoms with Gasteiger partial charge in [0, 0.05) is 19.1 Å². The van der Waals surface area contributed by atoms with Crippen LogP contribution < -0.4 is 5.32 Å². The summed E-state index contributed by atoms with van der Waals surface area (Å²) < 4.78 is 5.85. The van der Waals surface area contributed by atoms with Crippen LogP contribution in [0, 0.1) is 6.92 Å². The van der Waals surface area contributed by atoms with Crippen molar-refractivity contribution in [2.24, 2.45) is 0 Å². The van der Waals surface area contributed by atoms with Gasteiger partial charge in [0.25, 0.3) is 0 Å². The Morgan fingerprint density at radius 1 is 1.36 bits per heavy atom. The van der Waals surface area contributed by atoms with E-state index >= 15 is 0 Å². The molecule has 1 amide bonds. The highest BCUT2D eigenvalue weighted by atomic mass is 16.5. The molecule has 4 rings (SSSR count). The standard InChI is InChI=1S/C18H23N5O2/c1-12-19-17(22-21-12)15-11-23(9-10-25-15)16(13-5-3-2-4-6-13)18(24)20-14-7-8-14/h2-6,14-16H,7-11H2,1H3,(H,20,24)(H,19,21,22)/t15-,16-/m0/s1. The lowest BCUT2D eigenvalue weighted by Crippen LogP contribution is -2.47. The Bertz CT molecular complexity index is 728. The third-order valence-corrected chi connectivity index (χ3v) is 4.65. The van der Waals surface area contributed by atoms with E-state index in [9.17, 15) is 4.79 Å². The summed E-state index contributed by atoms with van der Waals surface area (Å²) in [5.74, 6) is 1.49. The highest BCUT2D eigenvalue weighted by Gasteiger charge is 2.36. The van der Waals surface area contributed by atoms with Crippen LogP contribution >= 0.6 is 0 Å². The van der Waals surface area contributed by atoms with E-state index < -0.39 is 0 Å². The molecule has 1 saturated heterocycles. The maximum atomic E-state index is 12.9. The van der Waals surface area contributed by atoms with Crippen molar-refractivity contribution in [3.8, 4) is 0 Å². The van der Waals surface area contributed by atoms with Crippen LogP contribution in [0.1, 0.15) is 42.2 Å². The van der Waals surface area contributed by atoms with Gasteiger partial charge in [-0.3, -0.25) is 14.8 Å². The van der Waals surface area contributed by atoms with Gasteiger partial charge < -0.3 is 10.1 Å². The Morgan fingerprint density at radius 3 is 2.84 bits per heavy atom. The minimum absolute atomic E-state index is 0.0699. The van der Waals surface area contributed by atoms with Gasteiger partial charge >= 0.3 is 0 Å². The van der Waals surface area contributed by atoms with Crippen LogP contribution in [0.25, 0.3) is 0 Å². The molecular weight excluding hydrogens is 318 g/mol. The third kappa shape index (κ3) is 3.72. The minimum Gasteiger partial charge on any atom is -0.367 e. The molecule has 7 nitrogen and oxygen atoms in total. The number of amides is 1. The monoisotopic (exact) mass is 341 g/mol. The van der Waals surface area contributed by atoms with Gasteiger partial charge in [0.1, 0.15) is 18.0 Å². The molecule has 0 spiro atoms.